The second-order valence-electron chi connectivity index (χ2n) is 1.60. The number of nitrogens with zero attached hydrogens (tertiary/aromatic N) is 1. The largest absolute Gasteiger partial charge is 1.00 e. The minimum absolute atomic E-state index is 0. The molecule has 82 valence electrons. The van der Waals surface area contributed by atoms with E-state index in [2.05, 4.69) is 4.74 Å². The average molecular weight is 257 g/mol. The number of carbonyl (C=O) groups excluding carboxylic acids is 2. The number of hydrogen-bond acceptors (Lipinski definition) is 6. The van der Waals surface area contributed by atoms with Crippen molar-refractivity contribution in [1.82, 2.24) is 0 Å². The summed E-state index contributed by atoms with van der Waals surface area (Å²) in [6.45, 7) is 0.712. The summed E-state index contributed by atoms with van der Waals surface area (Å²) in [4.78, 5) is 27.7. The van der Waals surface area contributed by atoms with Gasteiger partial charge in [-0.25, -0.2) is 4.79 Å². The second-order valence-corrected chi connectivity index (χ2v) is 1.60. The van der Waals surface area contributed by atoms with Gasteiger partial charge < -0.3 is 20.1 Å². The summed E-state index contributed by atoms with van der Waals surface area (Å²) in [5, 5.41) is 14.8. The fourth-order valence-electron chi connectivity index (χ4n) is 0.188. The van der Waals surface area contributed by atoms with Crippen molar-refractivity contribution in [1.29, 1.82) is 0 Å². The summed E-state index contributed by atoms with van der Waals surface area (Å²) in [5.41, 5.74) is 0. The van der Waals surface area contributed by atoms with Crippen molar-refractivity contribution in [3.05, 3.63) is 15.3 Å². The molecule has 0 aliphatic rings. The summed E-state index contributed by atoms with van der Waals surface area (Å²) < 4.78 is 36.8. The molecular formula is C4H3F3KNO6. The number of esters is 2. The van der Waals surface area contributed by atoms with Crippen LogP contribution in [0.25, 0.3) is 0 Å². The molecule has 15 heavy (non-hydrogen) atoms. The van der Waals surface area contributed by atoms with Gasteiger partial charge in [0, 0.05) is 6.92 Å². The first-order chi connectivity index (χ1) is 6.07. The molecule has 7 nitrogen and oxygen atoms in total. The standard InChI is InChI=1S/C4H3F3O3.K.NO3/c1-2(8)10-3(9)4(5,6)7;;2-1(3)4/h1H3;;/q;+1;-1. The zero-order valence-corrected chi connectivity index (χ0v) is 10.7. The zero-order valence-electron chi connectivity index (χ0n) is 7.53. The van der Waals surface area contributed by atoms with Crippen LogP contribution in [-0.4, -0.2) is 23.2 Å². The predicted octanol–water partition coefficient (Wildman–Crippen LogP) is -2.60. The molecule has 0 N–H and O–H groups in total. The van der Waals surface area contributed by atoms with E-state index in [1.54, 1.807) is 0 Å². The molecule has 0 radical (unpaired) electrons. The first-order valence-corrected chi connectivity index (χ1v) is 2.68. The van der Waals surface area contributed by atoms with Crippen LogP contribution in [0.1, 0.15) is 6.92 Å². The third kappa shape index (κ3) is 20.0. The minimum Gasteiger partial charge on any atom is -0.387 e. The maximum atomic E-state index is 11.2. The van der Waals surface area contributed by atoms with Gasteiger partial charge in [0.15, 0.2) is 0 Å². The molecule has 0 aromatic rings. The molecule has 0 fully saturated rings. The van der Waals surface area contributed by atoms with Gasteiger partial charge in [-0.15, -0.1) is 0 Å². The summed E-state index contributed by atoms with van der Waals surface area (Å²) >= 11 is 0. The Bertz CT molecular complexity index is 237. The molecule has 0 saturated heterocycles. The summed E-state index contributed by atoms with van der Waals surface area (Å²) in [5.74, 6) is -3.76. The van der Waals surface area contributed by atoms with Crippen LogP contribution < -0.4 is 51.4 Å². The number of rotatable bonds is 0. The van der Waals surface area contributed by atoms with E-state index >= 15 is 0 Å². The Hall–Kier alpha value is -0.234. The third-order valence-electron chi connectivity index (χ3n) is 0.468. The summed E-state index contributed by atoms with van der Waals surface area (Å²) in [6, 6.07) is 0. The molecule has 0 aliphatic carbocycles. The first kappa shape index (κ1) is 20.2. The van der Waals surface area contributed by atoms with Crippen LogP contribution in [0.4, 0.5) is 13.2 Å². The molecule has 0 amide bonds. The normalized spacial score (nSPS) is 8.80. The Morgan fingerprint density at radius 1 is 1.27 bits per heavy atom. The van der Waals surface area contributed by atoms with Gasteiger partial charge in [-0.05, 0) is 0 Å². The van der Waals surface area contributed by atoms with Crippen LogP contribution in [0, 0.1) is 15.3 Å². The molecule has 0 unspecified atom stereocenters. The molecule has 0 aliphatic heterocycles. The van der Waals surface area contributed by atoms with E-state index < -0.39 is 23.2 Å². The van der Waals surface area contributed by atoms with Gasteiger partial charge in [-0.2, -0.15) is 13.2 Å². The molecule has 0 spiro atoms. The van der Waals surface area contributed by atoms with Crippen LogP contribution >= 0.6 is 0 Å². The van der Waals surface area contributed by atoms with E-state index in [-0.39, 0.29) is 51.4 Å². The van der Waals surface area contributed by atoms with Crippen LogP contribution in [0.2, 0.25) is 0 Å². The van der Waals surface area contributed by atoms with Gasteiger partial charge in [-0.1, -0.05) is 0 Å². The molecule has 0 heterocycles. The van der Waals surface area contributed by atoms with Crippen molar-refractivity contribution in [3.8, 4) is 0 Å². The van der Waals surface area contributed by atoms with E-state index in [1.807, 2.05) is 0 Å². The number of hydrogen-bond donors (Lipinski definition) is 0. The van der Waals surface area contributed by atoms with Gasteiger partial charge in [0.2, 0.25) is 0 Å². The van der Waals surface area contributed by atoms with Gasteiger partial charge in [-0.3, -0.25) is 4.79 Å². The van der Waals surface area contributed by atoms with Crippen molar-refractivity contribution in [3.63, 3.8) is 0 Å². The second kappa shape index (κ2) is 9.03. The van der Waals surface area contributed by atoms with E-state index in [0.717, 1.165) is 0 Å². The fourth-order valence-corrected chi connectivity index (χ4v) is 0.188. The average Bonchev–Trinajstić information content (AvgIpc) is 1.81. The molecular weight excluding hydrogens is 254 g/mol. The molecule has 0 aromatic carbocycles. The third-order valence-corrected chi connectivity index (χ3v) is 0.468. The Kier molecular flexibility index (Phi) is 12.2. The van der Waals surface area contributed by atoms with Crippen LogP contribution in [0.5, 0.6) is 0 Å². The Morgan fingerprint density at radius 2 is 1.53 bits per heavy atom. The van der Waals surface area contributed by atoms with Crippen molar-refractivity contribution in [2.45, 2.75) is 13.1 Å². The smallest absolute Gasteiger partial charge is 0.387 e. The summed E-state index contributed by atoms with van der Waals surface area (Å²) in [6.07, 6.45) is -5.09. The van der Waals surface area contributed by atoms with Crippen molar-refractivity contribution in [2.75, 3.05) is 0 Å². The molecule has 0 aromatic heterocycles. The maximum absolute atomic E-state index is 11.2. The van der Waals surface area contributed by atoms with E-state index in [1.165, 1.54) is 0 Å². The quantitative estimate of drug-likeness (QED) is 0.155. The first-order valence-electron chi connectivity index (χ1n) is 2.68. The minimum atomic E-state index is -5.09. The Morgan fingerprint density at radius 3 is 1.60 bits per heavy atom. The van der Waals surface area contributed by atoms with Crippen LogP contribution in [0.3, 0.4) is 0 Å². The molecule has 11 heteroatoms. The predicted molar refractivity (Wildman–Crippen MR) is 33.2 cm³/mol. The number of carbonyl (C=O) groups is 2. The van der Waals surface area contributed by atoms with Crippen molar-refractivity contribution >= 4 is 11.9 Å². The van der Waals surface area contributed by atoms with Crippen LogP contribution in [0.15, 0.2) is 0 Å². The van der Waals surface area contributed by atoms with Crippen LogP contribution in [-0.2, 0) is 14.3 Å². The topological polar surface area (TPSA) is 110 Å². The number of halogens is 3. The Balaban J connectivity index is -0.000000249. The molecule has 0 atom stereocenters. The van der Waals surface area contributed by atoms with Gasteiger partial charge >= 0.3 is 69.5 Å². The maximum Gasteiger partial charge on any atom is 1.00 e. The van der Waals surface area contributed by atoms with Gasteiger partial charge in [0.05, 0.1) is 5.09 Å². The monoisotopic (exact) mass is 257 g/mol. The molecule has 0 rings (SSSR count). The number of ether oxygens (including phenoxy) is 1. The fraction of sp³-hybridized carbons (Fsp3) is 0.500. The van der Waals surface area contributed by atoms with Crippen molar-refractivity contribution in [2.24, 2.45) is 0 Å². The number of alkyl halides is 3. The SMILES string of the molecule is CC(=O)OC(=O)C(F)(F)F.O=[N+]([O-])[O-].[K+]. The Labute approximate surface area is 123 Å². The van der Waals surface area contributed by atoms with Crippen molar-refractivity contribution < 1.29 is 84.0 Å². The molecule has 0 saturated carbocycles. The van der Waals surface area contributed by atoms with Gasteiger partial charge in [0.1, 0.15) is 0 Å². The zero-order chi connectivity index (χ0) is 11.9. The van der Waals surface area contributed by atoms with E-state index in [9.17, 15) is 22.8 Å². The van der Waals surface area contributed by atoms with E-state index in [0.29, 0.717) is 6.92 Å². The van der Waals surface area contributed by atoms with Gasteiger partial charge in [0.25, 0.3) is 0 Å². The van der Waals surface area contributed by atoms with E-state index in [4.69, 9.17) is 15.3 Å². The summed E-state index contributed by atoms with van der Waals surface area (Å²) in [7, 11) is 0. The molecule has 0 bridgehead atoms.